The fourth-order valence-corrected chi connectivity index (χ4v) is 4.39. The van der Waals surface area contributed by atoms with Gasteiger partial charge in [0, 0.05) is 13.0 Å². The molecule has 2 aromatic carbocycles. The van der Waals surface area contributed by atoms with Crippen LogP contribution in [0.5, 0.6) is 23.0 Å². The molecule has 7 heteroatoms. The Hall–Kier alpha value is -2.59. The lowest BCUT2D eigenvalue weighted by Gasteiger charge is -2.29. The van der Waals surface area contributed by atoms with Gasteiger partial charge in [-0.05, 0) is 57.7 Å². The van der Waals surface area contributed by atoms with E-state index in [9.17, 15) is 5.26 Å². The molecule has 0 N–H and O–H groups in total. The van der Waals surface area contributed by atoms with Crippen LogP contribution in [-0.2, 0) is 12.8 Å². The van der Waals surface area contributed by atoms with Gasteiger partial charge in [-0.15, -0.1) is 0 Å². The molecule has 0 aliphatic carbocycles. The number of hydrogen-bond acceptors (Lipinski definition) is 6. The Labute approximate surface area is 166 Å². The summed E-state index contributed by atoms with van der Waals surface area (Å²) < 4.78 is 22.7. The van der Waals surface area contributed by atoms with Gasteiger partial charge >= 0.3 is 0 Å². The van der Waals surface area contributed by atoms with E-state index in [-0.39, 0.29) is 12.8 Å². The highest BCUT2D eigenvalue weighted by Crippen LogP contribution is 2.43. The Morgan fingerprint density at radius 3 is 2.56 bits per heavy atom. The van der Waals surface area contributed by atoms with E-state index in [1.165, 1.54) is 5.56 Å². The lowest BCUT2D eigenvalue weighted by molar-refractivity contribution is 0.174. The Morgan fingerprint density at radius 2 is 1.89 bits per heavy atom. The molecular formula is C20H19BrN2O4. The Balaban J connectivity index is 1.72. The van der Waals surface area contributed by atoms with E-state index in [4.69, 9.17) is 18.9 Å². The van der Waals surface area contributed by atoms with Crippen molar-refractivity contribution < 1.29 is 18.9 Å². The molecule has 2 aliphatic rings. The molecular weight excluding hydrogens is 412 g/mol. The monoisotopic (exact) mass is 430 g/mol. The topological polar surface area (TPSA) is 64.0 Å². The minimum Gasteiger partial charge on any atom is -0.493 e. The first-order chi connectivity index (χ1) is 13.2. The number of anilines is 1. The van der Waals surface area contributed by atoms with Gasteiger partial charge < -0.3 is 23.8 Å². The van der Waals surface area contributed by atoms with Crippen molar-refractivity contribution in [1.82, 2.24) is 0 Å². The standard InChI is InChI=1S/C20H19BrN2O4/c1-24-16-4-3-15(19(21)20(16)25-2)23-6-5-12-8-17-18(27-11-26-17)9-13(12)7-14(23)10-22/h3-4,8-9,14H,5-7,11H2,1-2H3/t14-/m1/s1. The fraction of sp³-hybridized carbons (Fsp3) is 0.350. The third kappa shape index (κ3) is 3.04. The van der Waals surface area contributed by atoms with Crippen molar-refractivity contribution in [2.24, 2.45) is 0 Å². The smallest absolute Gasteiger partial charge is 0.231 e. The van der Waals surface area contributed by atoms with Gasteiger partial charge in [0.25, 0.3) is 0 Å². The highest BCUT2D eigenvalue weighted by molar-refractivity contribution is 9.10. The SMILES string of the molecule is COc1ccc(N2CCc3cc4c(cc3C[C@@H]2C#N)OCO4)c(Br)c1OC. The number of benzene rings is 2. The molecule has 2 heterocycles. The molecule has 4 rings (SSSR count). The summed E-state index contributed by atoms with van der Waals surface area (Å²) in [6, 6.07) is 10.0. The molecule has 0 amide bonds. The van der Waals surface area contributed by atoms with Crippen LogP contribution in [0.3, 0.4) is 0 Å². The van der Waals surface area contributed by atoms with Crippen LogP contribution >= 0.6 is 15.9 Å². The fourth-order valence-electron chi connectivity index (χ4n) is 3.67. The number of fused-ring (bicyclic) bond motifs is 2. The molecule has 0 bridgehead atoms. The van der Waals surface area contributed by atoms with Gasteiger partial charge in [-0.25, -0.2) is 0 Å². The predicted octanol–water partition coefficient (Wildman–Crippen LogP) is 3.69. The summed E-state index contributed by atoms with van der Waals surface area (Å²) in [5.74, 6) is 2.80. The van der Waals surface area contributed by atoms with Gasteiger partial charge in [0.05, 0.1) is 30.4 Å². The molecule has 2 aliphatic heterocycles. The molecule has 0 saturated carbocycles. The number of methoxy groups -OCH3 is 2. The van der Waals surface area contributed by atoms with Gasteiger partial charge in [-0.2, -0.15) is 5.26 Å². The van der Waals surface area contributed by atoms with E-state index >= 15 is 0 Å². The van der Waals surface area contributed by atoms with Crippen molar-refractivity contribution in [3.63, 3.8) is 0 Å². The minimum atomic E-state index is -0.305. The number of ether oxygens (including phenoxy) is 4. The van der Waals surface area contributed by atoms with E-state index in [0.717, 1.165) is 33.6 Å². The van der Waals surface area contributed by atoms with Crippen molar-refractivity contribution in [3.05, 3.63) is 39.9 Å². The van der Waals surface area contributed by atoms with Crippen molar-refractivity contribution in [1.29, 1.82) is 5.26 Å². The summed E-state index contributed by atoms with van der Waals surface area (Å²) in [6.07, 6.45) is 1.42. The number of hydrogen-bond donors (Lipinski definition) is 0. The molecule has 1 atom stereocenters. The Bertz CT molecular complexity index is 925. The highest BCUT2D eigenvalue weighted by Gasteiger charge is 2.29. The molecule has 0 aromatic heterocycles. The van der Waals surface area contributed by atoms with E-state index in [1.807, 2.05) is 24.3 Å². The zero-order valence-corrected chi connectivity index (χ0v) is 16.7. The molecule has 27 heavy (non-hydrogen) atoms. The lowest BCUT2D eigenvalue weighted by Crippen LogP contribution is -2.36. The Kier molecular flexibility index (Phi) is 4.75. The van der Waals surface area contributed by atoms with Crippen molar-refractivity contribution in [3.8, 4) is 29.1 Å². The molecule has 0 spiro atoms. The maximum Gasteiger partial charge on any atom is 0.231 e. The first-order valence-corrected chi connectivity index (χ1v) is 9.43. The second-order valence-electron chi connectivity index (χ2n) is 6.40. The molecule has 0 saturated heterocycles. The third-order valence-electron chi connectivity index (χ3n) is 5.03. The van der Waals surface area contributed by atoms with Crippen LogP contribution in [0.15, 0.2) is 28.7 Å². The summed E-state index contributed by atoms with van der Waals surface area (Å²) in [5, 5.41) is 9.87. The number of halogens is 1. The second kappa shape index (κ2) is 7.20. The lowest BCUT2D eigenvalue weighted by atomic mass is 10.00. The number of nitriles is 1. The van der Waals surface area contributed by atoms with Crippen LogP contribution < -0.4 is 23.8 Å². The van der Waals surface area contributed by atoms with Crippen LogP contribution in [0.25, 0.3) is 0 Å². The van der Waals surface area contributed by atoms with Gasteiger partial charge in [-0.1, -0.05) is 0 Å². The number of nitrogens with zero attached hydrogens (tertiary/aromatic N) is 2. The van der Waals surface area contributed by atoms with Gasteiger partial charge in [0.1, 0.15) is 6.04 Å². The molecule has 6 nitrogen and oxygen atoms in total. The van der Waals surface area contributed by atoms with Gasteiger partial charge in [0.15, 0.2) is 23.0 Å². The Morgan fingerprint density at radius 1 is 1.15 bits per heavy atom. The average Bonchev–Trinajstić information content (AvgIpc) is 3.06. The predicted molar refractivity (Wildman–Crippen MR) is 104 cm³/mol. The van der Waals surface area contributed by atoms with Crippen LogP contribution in [0, 0.1) is 11.3 Å². The maximum absolute atomic E-state index is 9.87. The largest absolute Gasteiger partial charge is 0.493 e. The quantitative estimate of drug-likeness (QED) is 0.739. The summed E-state index contributed by atoms with van der Waals surface area (Å²) in [5.41, 5.74) is 3.23. The summed E-state index contributed by atoms with van der Waals surface area (Å²) >= 11 is 3.63. The average molecular weight is 431 g/mol. The zero-order valence-electron chi connectivity index (χ0n) is 15.1. The van der Waals surface area contributed by atoms with Crippen molar-refractivity contribution >= 4 is 21.6 Å². The summed E-state index contributed by atoms with van der Waals surface area (Å²) in [7, 11) is 3.21. The van der Waals surface area contributed by atoms with Crippen molar-refractivity contribution in [2.45, 2.75) is 18.9 Å². The molecule has 0 fully saturated rings. The maximum atomic E-state index is 9.87. The van der Waals surface area contributed by atoms with E-state index in [0.29, 0.717) is 24.5 Å². The van der Waals surface area contributed by atoms with E-state index in [1.54, 1.807) is 14.2 Å². The third-order valence-corrected chi connectivity index (χ3v) is 5.80. The van der Waals surface area contributed by atoms with Crippen LogP contribution in [-0.4, -0.2) is 33.6 Å². The zero-order chi connectivity index (χ0) is 19.0. The summed E-state index contributed by atoms with van der Waals surface area (Å²) in [4.78, 5) is 2.11. The van der Waals surface area contributed by atoms with Crippen LogP contribution in [0.2, 0.25) is 0 Å². The van der Waals surface area contributed by atoms with Gasteiger partial charge in [-0.3, -0.25) is 0 Å². The highest BCUT2D eigenvalue weighted by atomic mass is 79.9. The van der Waals surface area contributed by atoms with Gasteiger partial charge in [0.2, 0.25) is 6.79 Å². The second-order valence-corrected chi connectivity index (χ2v) is 7.19. The van der Waals surface area contributed by atoms with E-state index in [2.05, 4.69) is 26.9 Å². The van der Waals surface area contributed by atoms with Crippen LogP contribution in [0.4, 0.5) is 5.69 Å². The number of rotatable bonds is 3. The first-order valence-electron chi connectivity index (χ1n) is 8.64. The van der Waals surface area contributed by atoms with Crippen molar-refractivity contribution in [2.75, 3.05) is 32.5 Å². The molecule has 0 unspecified atom stereocenters. The molecule has 0 radical (unpaired) electrons. The summed E-state index contributed by atoms with van der Waals surface area (Å²) in [6.45, 7) is 0.962. The normalized spacial score (nSPS) is 17.7. The minimum absolute atomic E-state index is 0.255. The van der Waals surface area contributed by atoms with Crippen LogP contribution in [0.1, 0.15) is 11.1 Å². The molecule has 2 aromatic rings. The molecule has 140 valence electrons. The first kappa shape index (κ1) is 17.8. The van der Waals surface area contributed by atoms with E-state index < -0.39 is 0 Å².